The van der Waals surface area contributed by atoms with Crippen molar-refractivity contribution in [2.45, 2.75) is 12.2 Å². The van der Waals surface area contributed by atoms with Crippen molar-refractivity contribution in [1.82, 2.24) is 9.55 Å². The lowest BCUT2D eigenvalue weighted by Crippen LogP contribution is -2.36. The Kier molecular flexibility index (Phi) is 3.21. The topological polar surface area (TPSA) is 84.6 Å². The van der Waals surface area contributed by atoms with Crippen molar-refractivity contribution >= 4 is 17.1 Å². The second kappa shape index (κ2) is 4.56. The molecule has 0 aliphatic rings. The van der Waals surface area contributed by atoms with E-state index in [1.807, 2.05) is 0 Å². The van der Waals surface area contributed by atoms with Gasteiger partial charge in [0.25, 0.3) is 0 Å². The molecule has 8 heteroatoms. The molecular formula is C11H10F2N2O4. The summed E-state index contributed by atoms with van der Waals surface area (Å²) < 4.78 is 32.3. The fourth-order valence-electron chi connectivity index (χ4n) is 1.70. The Balaban J connectivity index is 2.73. The lowest BCUT2D eigenvalue weighted by atomic mass is 10.3. The number of rotatable bonds is 3. The molecular weight excluding hydrogens is 262 g/mol. The maximum atomic E-state index is 13.9. The molecule has 1 heterocycles. The summed E-state index contributed by atoms with van der Waals surface area (Å²) in [6.45, 7) is 0. The number of carbonyl (C=O) groups is 1. The molecule has 0 fully saturated rings. The molecule has 19 heavy (non-hydrogen) atoms. The molecule has 2 aromatic rings. The van der Waals surface area contributed by atoms with Crippen LogP contribution in [-0.4, -0.2) is 39.3 Å². The van der Waals surface area contributed by atoms with Crippen LogP contribution in [0.4, 0.5) is 13.6 Å². The van der Waals surface area contributed by atoms with Crippen LogP contribution in [0.5, 0.6) is 0 Å². The van der Waals surface area contributed by atoms with Gasteiger partial charge in [-0.05, 0) is 12.1 Å². The number of para-hydroxylation sites is 2. The standard InChI is InChI=1S/C11H10F2N2O4/c1-19-9(16)11(12,13)8-14-6-4-2-3-5-7(6)15(8)10(17)18/h2-5,9,16H,1H3,(H,17,18). The van der Waals surface area contributed by atoms with Crippen LogP contribution < -0.4 is 0 Å². The predicted molar refractivity (Wildman–Crippen MR) is 60.1 cm³/mol. The molecule has 1 aromatic heterocycles. The maximum absolute atomic E-state index is 13.9. The maximum Gasteiger partial charge on any atom is 0.417 e. The van der Waals surface area contributed by atoms with E-state index in [9.17, 15) is 13.6 Å². The fraction of sp³-hybridized carbons (Fsp3) is 0.273. The van der Waals surface area contributed by atoms with E-state index in [2.05, 4.69) is 9.72 Å². The van der Waals surface area contributed by atoms with E-state index in [-0.39, 0.29) is 11.0 Å². The Morgan fingerprint density at radius 3 is 2.68 bits per heavy atom. The Hall–Kier alpha value is -2.06. The Bertz CT molecular complexity index is 626. The smallest absolute Gasteiger partial charge is 0.417 e. The highest BCUT2D eigenvalue weighted by molar-refractivity contribution is 5.86. The quantitative estimate of drug-likeness (QED) is 0.829. The summed E-state index contributed by atoms with van der Waals surface area (Å²) in [4.78, 5) is 14.7. The molecule has 0 aliphatic heterocycles. The summed E-state index contributed by atoms with van der Waals surface area (Å²) in [5, 5.41) is 18.2. The van der Waals surface area contributed by atoms with Crippen molar-refractivity contribution in [1.29, 1.82) is 0 Å². The first-order chi connectivity index (χ1) is 8.89. The number of aliphatic hydroxyl groups is 1. The third-order valence-corrected chi connectivity index (χ3v) is 2.58. The number of nitrogens with zero attached hydrogens (tertiary/aromatic N) is 2. The van der Waals surface area contributed by atoms with Crippen LogP contribution in [0.2, 0.25) is 0 Å². The van der Waals surface area contributed by atoms with Gasteiger partial charge in [-0.3, -0.25) is 0 Å². The lowest BCUT2D eigenvalue weighted by Gasteiger charge is -2.20. The normalized spacial score (nSPS) is 13.7. The SMILES string of the molecule is COC(O)C(F)(F)c1nc2ccccc2n1C(=O)O. The van der Waals surface area contributed by atoms with Gasteiger partial charge in [0.05, 0.1) is 11.0 Å². The molecule has 0 saturated carbocycles. The van der Waals surface area contributed by atoms with E-state index in [0.29, 0.717) is 4.57 Å². The first kappa shape index (κ1) is 13.4. The number of imidazole rings is 1. The van der Waals surface area contributed by atoms with Crippen molar-refractivity contribution in [3.63, 3.8) is 0 Å². The van der Waals surface area contributed by atoms with E-state index >= 15 is 0 Å². The molecule has 0 spiro atoms. The number of hydrogen-bond donors (Lipinski definition) is 2. The summed E-state index contributed by atoms with van der Waals surface area (Å²) in [5.74, 6) is -5.04. The second-order valence-electron chi connectivity index (χ2n) is 3.75. The van der Waals surface area contributed by atoms with Crippen LogP contribution in [-0.2, 0) is 10.7 Å². The number of aliphatic hydroxyl groups excluding tert-OH is 1. The molecule has 1 unspecified atom stereocenters. The van der Waals surface area contributed by atoms with Crippen LogP contribution >= 0.6 is 0 Å². The first-order valence-electron chi connectivity index (χ1n) is 5.19. The Labute approximate surface area is 105 Å². The van der Waals surface area contributed by atoms with Crippen LogP contribution in [0.25, 0.3) is 11.0 Å². The molecule has 1 atom stereocenters. The third kappa shape index (κ3) is 2.04. The van der Waals surface area contributed by atoms with Gasteiger partial charge >= 0.3 is 12.0 Å². The zero-order chi connectivity index (χ0) is 14.2. The fourth-order valence-corrected chi connectivity index (χ4v) is 1.70. The van der Waals surface area contributed by atoms with Gasteiger partial charge in [0, 0.05) is 7.11 Å². The number of ether oxygens (including phenoxy) is 1. The van der Waals surface area contributed by atoms with Crippen LogP contribution in [0.1, 0.15) is 5.82 Å². The van der Waals surface area contributed by atoms with E-state index in [4.69, 9.17) is 10.2 Å². The number of methoxy groups -OCH3 is 1. The molecule has 0 bridgehead atoms. The highest BCUT2D eigenvalue weighted by Crippen LogP contribution is 2.33. The number of carboxylic acid groups (broad SMARTS) is 1. The summed E-state index contributed by atoms with van der Waals surface area (Å²) in [5.41, 5.74) is 0.0934. The molecule has 2 rings (SSSR count). The van der Waals surface area contributed by atoms with Crippen LogP contribution in [0, 0.1) is 0 Å². The van der Waals surface area contributed by atoms with E-state index < -0.39 is 24.1 Å². The molecule has 1 aromatic carbocycles. The molecule has 0 saturated heterocycles. The number of halogens is 2. The lowest BCUT2D eigenvalue weighted by molar-refractivity contribution is -0.232. The van der Waals surface area contributed by atoms with Gasteiger partial charge in [-0.15, -0.1) is 0 Å². The van der Waals surface area contributed by atoms with Crippen molar-refractivity contribution in [2.24, 2.45) is 0 Å². The Morgan fingerprint density at radius 1 is 1.47 bits per heavy atom. The van der Waals surface area contributed by atoms with E-state index in [0.717, 1.165) is 7.11 Å². The summed E-state index contributed by atoms with van der Waals surface area (Å²) >= 11 is 0. The molecule has 0 amide bonds. The highest BCUT2D eigenvalue weighted by atomic mass is 19.3. The Morgan fingerprint density at radius 2 is 2.11 bits per heavy atom. The van der Waals surface area contributed by atoms with Crippen molar-refractivity contribution < 1.29 is 28.5 Å². The van der Waals surface area contributed by atoms with Gasteiger partial charge in [-0.1, -0.05) is 12.1 Å². The number of aromatic nitrogens is 2. The molecule has 2 N–H and O–H groups in total. The average molecular weight is 272 g/mol. The molecule has 0 aliphatic carbocycles. The van der Waals surface area contributed by atoms with Crippen molar-refractivity contribution in [3.8, 4) is 0 Å². The van der Waals surface area contributed by atoms with Gasteiger partial charge in [0.15, 0.2) is 5.82 Å². The van der Waals surface area contributed by atoms with E-state index in [1.165, 1.54) is 24.3 Å². The monoisotopic (exact) mass is 272 g/mol. The third-order valence-electron chi connectivity index (χ3n) is 2.58. The largest absolute Gasteiger partial charge is 0.464 e. The van der Waals surface area contributed by atoms with Crippen LogP contribution in [0.3, 0.4) is 0 Å². The van der Waals surface area contributed by atoms with Crippen molar-refractivity contribution in [3.05, 3.63) is 30.1 Å². The zero-order valence-corrected chi connectivity index (χ0v) is 9.75. The van der Waals surface area contributed by atoms with Gasteiger partial charge in [0.1, 0.15) is 0 Å². The minimum absolute atomic E-state index is 0.00739. The molecule has 6 nitrogen and oxygen atoms in total. The summed E-state index contributed by atoms with van der Waals surface area (Å²) in [6, 6.07) is 5.77. The summed E-state index contributed by atoms with van der Waals surface area (Å²) in [6.07, 6.45) is -4.10. The number of benzene rings is 1. The minimum atomic E-state index is -3.95. The molecule has 102 valence electrons. The van der Waals surface area contributed by atoms with Gasteiger partial charge in [-0.25, -0.2) is 14.3 Å². The number of hydrogen-bond acceptors (Lipinski definition) is 4. The zero-order valence-electron chi connectivity index (χ0n) is 9.75. The van der Waals surface area contributed by atoms with Gasteiger partial charge in [-0.2, -0.15) is 8.78 Å². The van der Waals surface area contributed by atoms with Gasteiger partial charge in [0.2, 0.25) is 6.29 Å². The first-order valence-corrected chi connectivity index (χ1v) is 5.19. The molecule has 0 radical (unpaired) electrons. The highest BCUT2D eigenvalue weighted by Gasteiger charge is 2.47. The van der Waals surface area contributed by atoms with Gasteiger partial charge < -0.3 is 14.9 Å². The number of fused-ring (bicyclic) bond motifs is 1. The number of alkyl halides is 2. The minimum Gasteiger partial charge on any atom is -0.464 e. The second-order valence-corrected chi connectivity index (χ2v) is 3.75. The predicted octanol–water partition coefficient (Wildman–Crippen LogP) is 1.62. The van der Waals surface area contributed by atoms with Crippen LogP contribution in [0.15, 0.2) is 24.3 Å². The van der Waals surface area contributed by atoms with E-state index in [1.54, 1.807) is 0 Å². The van der Waals surface area contributed by atoms with Crippen molar-refractivity contribution in [2.75, 3.05) is 7.11 Å². The average Bonchev–Trinajstić information content (AvgIpc) is 2.77. The summed E-state index contributed by atoms with van der Waals surface area (Å²) in [7, 11) is 0.881.